The van der Waals surface area contributed by atoms with Crippen LogP contribution in [0.2, 0.25) is 0 Å². The van der Waals surface area contributed by atoms with Crippen molar-refractivity contribution in [3.63, 3.8) is 0 Å². The first kappa shape index (κ1) is 13.6. The minimum atomic E-state index is -0.550. The van der Waals surface area contributed by atoms with Gasteiger partial charge in [0, 0.05) is 0 Å². The van der Waals surface area contributed by atoms with Crippen LogP contribution in [0.25, 0.3) is 0 Å². The molecule has 0 spiro atoms. The van der Waals surface area contributed by atoms with Crippen molar-refractivity contribution in [2.75, 3.05) is 0 Å². The van der Waals surface area contributed by atoms with Crippen molar-refractivity contribution in [2.45, 2.75) is 19.8 Å². The summed E-state index contributed by atoms with van der Waals surface area (Å²) in [6, 6.07) is 7.82. The minimum absolute atomic E-state index is 0.303. The molecule has 7 nitrogen and oxygen atoms in total. The van der Waals surface area contributed by atoms with E-state index in [2.05, 4.69) is 24.1 Å². The fourth-order valence-electron chi connectivity index (χ4n) is 1.25. The van der Waals surface area contributed by atoms with Crippen LogP contribution < -0.4 is 11.2 Å². The van der Waals surface area contributed by atoms with Crippen LogP contribution in [-0.2, 0) is 0 Å². The number of nitrogens with zero attached hydrogens (tertiary/aromatic N) is 3. The summed E-state index contributed by atoms with van der Waals surface area (Å²) in [6.07, 6.45) is 1.49. The summed E-state index contributed by atoms with van der Waals surface area (Å²) in [4.78, 5) is 10.1. The van der Waals surface area contributed by atoms with Crippen molar-refractivity contribution in [3.8, 4) is 0 Å². The first-order valence-corrected chi connectivity index (χ1v) is 5.38. The highest BCUT2D eigenvalue weighted by molar-refractivity contribution is 5.81. The zero-order valence-electron chi connectivity index (χ0n) is 10.2. The summed E-state index contributed by atoms with van der Waals surface area (Å²) in [5.41, 5.74) is 9.12. The number of nitrogens with one attached hydrogen (secondary N) is 1. The van der Waals surface area contributed by atoms with E-state index in [-0.39, 0.29) is 5.96 Å². The standard InChI is InChI=1S/C11H16N5O2/c1-8(2)10-5-3-9(4-6-10)7-13-14-11(12)15-16(17)18/h3-8H,1-2H3,(H,17,18)(H3,12,14,15)/q+1/b13-7+. The van der Waals surface area contributed by atoms with Crippen LogP contribution in [0.5, 0.6) is 0 Å². The molecule has 0 radical (unpaired) electrons. The number of guanidine groups is 1. The van der Waals surface area contributed by atoms with Gasteiger partial charge in [0.25, 0.3) is 5.96 Å². The van der Waals surface area contributed by atoms with E-state index in [1.807, 2.05) is 24.3 Å². The Kier molecular flexibility index (Phi) is 4.79. The second kappa shape index (κ2) is 6.33. The van der Waals surface area contributed by atoms with Crippen molar-refractivity contribution in [2.24, 2.45) is 15.9 Å². The maximum atomic E-state index is 10.1. The predicted molar refractivity (Wildman–Crippen MR) is 68.3 cm³/mol. The van der Waals surface area contributed by atoms with E-state index in [9.17, 15) is 4.91 Å². The van der Waals surface area contributed by atoms with Crippen molar-refractivity contribution < 1.29 is 10.2 Å². The highest BCUT2D eigenvalue weighted by Crippen LogP contribution is 2.13. The van der Waals surface area contributed by atoms with Crippen LogP contribution >= 0.6 is 0 Å². The highest BCUT2D eigenvalue weighted by atomic mass is 16.7. The lowest BCUT2D eigenvalue weighted by atomic mass is 10.0. The second-order valence-corrected chi connectivity index (χ2v) is 3.94. The van der Waals surface area contributed by atoms with Crippen molar-refractivity contribution in [3.05, 3.63) is 40.3 Å². The Hall–Kier alpha value is -2.44. The molecule has 0 saturated heterocycles. The predicted octanol–water partition coefficient (Wildman–Crippen LogP) is 1.13. The van der Waals surface area contributed by atoms with Crippen LogP contribution in [0.4, 0.5) is 0 Å². The molecule has 0 fully saturated rings. The molecule has 0 unspecified atom stereocenters. The number of hydrazine groups is 1. The van der Waals surface area contributed by atoms with Crippen LogP contribution in [-0.4, -0.2) is 22.4 Å². The molecule has 0 amide bonds. The van der Waals surface area contributed by atoms with Gasteiger partial charge < -0.3 is 5.73 Å². The smallest absolute Gasteiger partial charge is 0.362 e. The molecule has 0 heterocycles. The van der Waals surface area contributed by atoms with Gasteiger partial charge in [-0.15, -0.1) is 5.10 Å². The van der Waals surface area contributed by atoms with Crippen molar-refractivity contribution in [1.29, 1.82) is 0 Å². The fourth-order valence-corrected chi connectivity index (χ4v) is 1.25. The Morgan fingerprint density at radius 2 is 2.06 bits per heavy atom. The molecule has 1 aromatic rings. The second-order valence-electron chi connectivity index (χ2n) is 3.94. The molecular weight excluding hydrogens is 234 g/mol. The number of benzene rings is 1. The zero-order chi connectivity index (χ0) is 13.5. The Morgan fingerprint density at radius 1 is 1.44 bits per heavy atom. The van der Waals surface area contributed by atoms with Gasteiger partial charge in [0.05, 0.1) is 6.21 Å². The van der Waals surface area contributed by atoms with Crippen molar-refractivity contribution in [1.82, 2.24) is 5.43 Å². The molecule has 0 aromatic heterocycles. The molecule has 0 aliphatic rings. The van der Waals surface area contributed by atoms with Gasteiger partial charge in [-0.2, -0.15) is 5.10 Å². The van der Waals surface area contributed by atoms with Crippen LogP contribution in [0.15, 0.2) is 34.5 Å². The van der Waals surface area contributed by atoms with Gasteiger partial charge in [-0.05, 0) is 22.5 Å². The van der Waals surface area contributed by atoms with Gasteiger partial charge >= 0.3 is 5.03 Å². The Morgan fingerprint density at radius 3 is 2.56 bits per heavy atom. The maximum Gasteiger partial charge on any atom is 0.362 e. The largest absolute Gasteiger partial charge is 0.364 e. The molecule has 7 heteroatoms. The number of rotatable bonds is 4. The van der Waals surface area contributed by atoms with Crippen LogP contribution in [0.1, 0.15) is 30.9 Å². The lowest BCUT2D eigenvalue weighted by Gasteiger charge is -2.03. The molecule has 0 atom stereocenters. The van der Waals surface area contributed by atoms with Gasteiger partial charge in [0.2, 0.25) is 0 Å². The third-order valence-electron chi connectivity index (χ3n) is 2.19. The molecule has 0 bridgehead atoms. The quantitative estimate of drug-likeness (QED) is 0.423. The maximum absolute atomic E-state index is 10.1. The summed E-state index contributed by atoms with van der Waals surface area (Å²) in [5.74, 6) is 0.170. The molecule has 18 heavy (non-hydrogen) atoms. The summed E-state index contributed by atoms with van der Waals surface area (Å²) in [5, 5.41) is 14.9. The minimum Gasteiger partial charge on any atom is -0.364 e. The Balaban J connectivity index is 2.64. The van der Waals surface area contributed by atoms with Gasteiger partial charge in [-0.3, -0.25) is 0 Å². The van der Waals surface area contributed by atoms with E-state index in [0.717, 1.165) is 5.56 Å². The summed E-state index contributed by atoms with van der Waals surface area (Å²) >= 11 is 0. The average Bonchev–Trinajstić information content (AvgIpc) is 2.28. The topological polar surface area (TPSA) is 103 Å². The summed E-state index contributed by atoms with van der Waals surface area (Å²) in [6.45, 7) is 4.23. The van der Waals surface area contributed by atoms with E-state index < -0.39 is 5.03 Å². The molecule has 0 saturated carbocycles. The Labute approximate surface area is 105 Å². The monoisotopic (exact) mass is 250 g/mol. The van der Waals surface area contributed by atoms with E-state index in [0.29, 0.717) is 5.92 Å². The lowest BCUT2D eigenvalue weighted by Crippen LogP contribution is -2.36. The van der Waals surface area contributed by atoms with E-state index in [1.54, 1.807) is 5.43 Å². The van der Waals surface area contributed by atoms with Gasteiger partial charge in [-0.1, -0.05) is 38.1 Å². The Bertz CT molecular complexity index is 465. The van der Waals surface area contributed by atoms with Crippen LogP contribution in [0.3, 0.4) is 0 Å². The molecular formula is C11H16N5O2+. The summed E-state index contributed by atoms with van der Waals surface area (Å²) in [7, 11) is 0. The van der Waals surface area contributed by atoms with E-state index in [1.165, 1.54) is 11.8 Å². The molecule has 0 aliphatic carbocycles. The number of hydrogen-bond acceptors (Lipinski definition) is 3. The average molecular weight is 250 g/mol. The fraction of sp³-hybridized carbons (Fsp3) is 0.273. The van der Waals surface area contributed by atoms with E-state index >= 15 is 0 Å². The van der Waals surface area contributed by atoms with E-state index in [4.69, 9.17) is 10.9 Å². The van der Waals surface area contributed by atoms with Gasteiger partial charge in [0.15, 0.2) is 0 Å². The first-order chi connectivity index (χ1) is 8.49. The highest BCUT2D eigenvalue weighted by Gasteiger charge is 2.03. The molecule has 1 rings (SSSR count). The van der Waals surface area contributed by atoms with Crippen LogP contribution in [0, 0.1) is 4.91 Å². The van der Waals surface area contributed by atoms with Gasteiger partial charge in [-0.25, -0.2) is 5.21 Å². The third-order valence-corrected chi connectivity index (χ3v) is 2.19. The lowest BCUT2D eigenvalue weighted by molar-refractivity contribution is -0.822. The first-order valence-electron chi connectivity index (χ1n) is 5.38. The SMILES string of the molecule is CC(C)c1ccc(/C=N/N=C(\N)N[N+](=O)O)cc1. The molecule has 0 aliphatic heterocycles. The number of hydrogen-bond donors (Lipinski definition) is 3. The van der Waals surface area contributed by atoms with Crippen molar-refractivity contribution >= 4 is 12.2 Å². The molecule has 1 aromatic carbocycles. The third kappa shape index (κ3) is 4.60. The zero-order valence-corrected chi connectivity index (χ0v) is 10.2. The summed E-state index contributed by atoms with van der Waals surface area (Å²) < 4.78 is 0. The normalized spacial score (nSPS) is 12.1. The molecule has 96 valence electrons. The van der Waals surface area contributed by atoms with Gasteiger partial charge in [0.1, 0.15) is 4.91 Å². The molecule has 4 N–H and O–H groups in total. The number of nitrogens with two attached hydrogens (primary N) is 1.